The summed E-state index contributed by atoms with van der Waals surface area (Å²) in [5.41, 5.74) is 3.89. The monoisotopic (exact) mass is 314 g/mol. The van der Waals surface area contributed by atoms with E-state index < -0.39 is 0 Å². The van der Waals surface area contributed by atoms with E-state index in [1.54, 1.807) is 14.2 Å². The summed E-state index contributed by atoms with van der Waals surface area (Å²) in [6.07, 6.45) is 3.09. The number of nitrogens with one attached hydrogen (secondary N) is 1. The standard InChI is InChI=1S/C15H23ClN2O3/c1-19-14-9-11(8-12(16)15(14)20-2)13(18-17)7-10-3-5-21-6-4-10/h8-10,13,18H,3-7,17H2,1-2H3. The predicted molar refractivity (Wildman–Crippen MR) is 82.8 cm³/mol. The van der Waals surface area contributed by atoms with Crippen LogP contribution in [0.1, 0.15) is 30.9 Å². The van der Waals surface area contributed by atoms with Crippen molar-refractivity contribution >= 4 is 11.6 Å². The minimum atomic E-state index is 0.0328. The maximum Gasteiger partial charge on any atom is 0.179 e. The molecule has 1 fully saturated rings. The first-order valence-corrected chi connectivity index (χ1v) is 7.52. The lowest BCUT2D eigenvalue weighted by Crippen LogP contribution is -2.31. The molecule has 1 aliphatic rings. The molecule has 0 spiro atoms. The average Bonchev–Trinajstić information content (AvgIpc) is 2.52. The average molecular weight is 315 g/mol. The van der Waals surface area contributed by atoms with Crippen molar-refractivity contribution in [1.82, 2.24) is 5.43 Å². The van der Waals surface area contributed by atoms with E-state index >= 15 is 0 Å². The van der Waals surface area contributed by atoms with Crippen LogP contribution in [-0.2, 0) is 4.74 Å². The molecule has 1 aromatic rings. The Balaban J connectivity index is 2.18. The highest BCUT2D eigenvalue weighted by Crippen LogP contribution is 2.39. The summed E-state index contributed by atoms with van der Waals surface area (Å²) >= 11 is 6.26. The van der Waals surface area contributed by atoms with Crippen LogP contribution < -0.4 is 20.7 Å². The number of hydrazine groups is 1. The van der Waals surface area contributed by atoms with Gasteiger partial charge in [0.15, 0.2) is 11.5 Å². The zero-order valence-corrected chi connectivity index (χ0v) is 13.3. The second-order valence-electron chi connectivity index (χ2n) is 5.25. The Morgan fingerprint density at radius 3 is 2.62 bits per heavy atom. The van der Waals surface area contributed by atoms with E-state index in [1.165, 1.54) is 0 Å². The third kappa shape index (κ3) is 4.01. The van der Waals surface area contributed by atoms with Crippen molar-refractivity contribution < 1.29 is 14.2 Å². The van der Waals surface area contributed by atoms with Crippen molar-refractivity contribution in [1.29, 1.82) is 0 Å². The van der Waals surface area contributed by atoms with E-state index in [0.717, 1.165) is 38.0 Å². The zero-order valence-electron chi connectivity index (χ0n) is 12.5. The molecule has 1 atom stereocenters. The third-order valence-corrected chi connectivity index (χ3v) is 4.25. The molecule has 0 radical (unpaired) electrons. The SMILES string of the molecule is COc1cc(C(CC2CCOCC2)NN)cc(Cl)c1OC. The van der Waals surface area contributed by atoms with Gasteiger partial charge in [0, 0.05) is 19.3 Å². The van der Waals surface area contributed by atoms with Gasteiger partial charge in [0.05, 0.1) is 19.2 Å². The molecular weight excluding hydrogens is 292 g/mol. The lowest BCUT2D eigenvalue weighted by molar-refractivity contribution is 0.0605. The molecule has 1 aromatic carbocycles. The molecule has 1 aliphatic heterocycles. The van der Waals surface area contributed by atoms with E-state index in [2.05, 4.69) is 5.43 Å². The first-order chi connectivity index (χ1) is 10.2. The number of hydrogen-bond acceptors (Lipinski definition) is 5. The van der Waals surface area contributed by atoms with E-state index in [9.17, 15) is 0 Å². The molecule has 0 saturated carbocycles. The third-order valence-electron chi connectivity index (χ3n) is 3.97. The Bertz CT molecular complexity index is 464. The second-order valence-corrected chi connectivity index (χ2v) is 5.66. The number of rotatable bonds is 6. The molecule has 0 aliphatic carbocycles. The van der Waals surface area contributed by atoms with E-state index in [4.69, 9.17) is 31.7 Å². The first-order valence-electron chi connectivity index (χ1n) is 7.14. The Labute approximate surface area is 130 Å². The van der Waals surface area contributed by atoms with Gasteiger partial charge in [-0.15, -0.1) is 0 Å². The Hall–Kier alpha value is -1.01. The van der Waals surface area contributed by atoms with Gasteiger partial charge < -0.3 is 14.2 Å². The van der Waals surface area contributed by atoms with Gasteiger partial charge in [-0.25, -0.2) is 0 Å². The highest BCUT2D eigenvalue weighted by Gasteiger charge is 2.22. The van der Waals surface area contributed by atoms with Crippen LogP contribution in [0.25, 0.3) is 0 Å². The second kappa shape index (κ2) is 7.84. The number of ether oxygens (including phenoxy) is 3. The largest absolute Gasteiger partial charge is 0.493 e. The number of halogens is 1. The van der Waals surface area contributed by atoms with Crippen LogP contribution in [0.5, 0.6) is 11.5 Å². The lowest BCUT2D eigenvalue weighted by atomic mass is 9.89. The van der Waals surface area contributed by atoms with Crippen LogP contribution in [0.3, 0.4) is 0 Å². The molecule has 1 saturated heterocycles. The van der Waals surface area contributed by atoms with Crippen molar-refractivity contribution in [3.05, 3.63) is 22.7 Å². The van der Waals surface area contributed by atoms with Crippen molar-refractivity contribution in [2.75, 3.05) is 27.4 Å². The summed E-state index contributed by atoms with van der Waals surface area (Å²) in [6, 6.07) is 3.84. The molecular formula is C15H23ClN2O3. The van der Waals surface area contributed by atoms with E-state index in [1.807, 2.05) is 12.1 Å². The summed E-state index contributed by atoms with van der Waals surface area (Å²) in [6.45, 7) is 1.66. The van der Waals surface area contributed by atoms with Crippen molar-refractivity contribution in [2.45, 2.75) is 25.3 Å². The van der Waals surface area contributed by atoms with Crippen molar-refractivity contribution in [3.8, 4) is 11.5 Å². The van der Waals surface area contributed by atoms with Crippen LogP contribution >= 0.6 is 11.6 Å². The van der Waals surface area contributed by atoms with Crippen LogP contribution in [0, 0.1) is 5.92 Å². The van der Waals surface area contributed by atoms with Crippen LogP contribution in [0.4, 0.5) is 0 Å². The maximum absolute atomic E-state index is 6.26. The highest BCUT2D eigenvalue weighted by molar-refractivity contribution is 6.32. The summed E-state index contributed by atoms with van der Waals surface area (Å²) in [4.78, 5) is 0. The fourth-order valence-corrected chi connectivity index (χ4v) is 3.05. The molecule has 6 heteroatoms. The molecule has 118 valence electrons. The smallest absolute Gasteiger partial charge is 0.179 e. The maximum atomic E-state index is 6.26. The van der Waals surface area contributed by atoms with Gasteiger partial charge in [-0.3, -0.25) is 11.3 Å². The summed E-state index contributed by atoms with van der Waals surface area (Å²) in [5, 5.41) is 0.527. The molecule has 3 N–H and O–H groups in total. The number of methoxy groups -OCH3 is 2. The van der Waals surface area contributed by atoms with Gasteiger partial charge in [-0.2, -0.15) is 0 Å². The van der Waals surface area contributed by atoms with Crippen LogP contribution in [0.15, 0.2) is 12.1 Å². The fourth-order valence-electron chi connectivity index (χ4n) is 2.75. The number of hydrogen-bond donors (Lipinski definition) is 2. The lowest BCUT2D eigenvalue weighted by Gasteiger charge is -2.27. The first kappa shape index (κ1) is 16.4. The molecule has 21 heavy (non-hydrogen) atoms. The molecule has 5 nitrogen and oxygen atoms in total. The molecule has 1 heterocycles. The van der Waals surface area contributed by atoms with E-state index in [-0.39, 0.29) is 6.04 Å². The van der Waals surface area contributed by atoms with Crippen LogP contribution in [-0.4, -0.2) is 27.4 Å². The Morgan fingerprint density at radius 2 is 2.05 bits per heavy atom. The van der Waals surface area contributed by atoms with Gasteiger partial charge in [-0.05, 0) is 42.9 Å². The zero-order chi connectivity index (χ0) is 15.2. The number of nitrogens with two attached hydrogens (primary N) is 1. The molecule has 0 amide bonds. The summed E-state index contributed by atoms with van der Waals surface area (Å²) in [5.74, 6) is 7.50. The quantitative estimate of drug-likeness (QED) is 0.624. The topological polar surface area (TPSA) is 65.7 Å². The Kier molecular flexibility index (Phi) is 6.11. The minimum Gasteiger partial charge on any atom is -0.493 e. The van der Waals surface area contributed by atoms with Gasteiger partial charge in [0.1, 0.15) is 0 Å². The Morgan fingerprint density at radius 1 is 1.33 bits per heavy atom. The fraction of sp³-hybridized carbons (Fsp3) is 0.600. The van der Waals surface area contributed by atoms with Gasteiger partial charge in [0.2, 0.25) is 0 Å². The van der Waals surface area contributed by atoms with Gasteiger partial charge >= 0.3 is 0 Å². The predicted octanol–water partition coefficient (Wildman–Crippen LogP) is 2.68. The van der Waals surface area contributed by atoms with Gasteiger partial charge in [-0.1, -0.05) is 11.6 Å². The molecule has 0 bridgehead atoms. The summed E-state index contributed by atoms with van der Waals surface area (Å²) in [7, 11) is 3.17. The molecule has 1 unspecified atom stereocenters. The normalized spacial score (nSPS) is 17.5. The van der Waals surface area contributed by atoms with Crippen molar-refractivity contribution in [3.63, 3.8) is 0 Å². The molecule has 2 rings (SSSR count). The highest BCUT2D eigenvalue weighted by atomic mass is 35.5. The molecule has 0 aromatic heterocycles. The number of benzene rings is 1. The summed E-state index contributed by atoms with van der Waals surface area (Å²) < 4.78 is 16.0. The minimum absolute atomic E-state index is 0.0328. The van der Waals surface area contributed by atoms with Crippen molar-refractivity contribution in [2.24, 2.45) is 11.8 Å². The van der Waals surface area contributed by atoms with Gasteiger partial charge in [0.25, 0.3) is 0 Å². The van der Waals surface area contributed by atoms with Crippen LogP contribution in [0.2, 0.25) is 5.02 Å². The van der Waals surface area contributed by atoms with E-state index in [0.29, 0.717) is 22.4 Å².